The molecular weight excluding hydrogens is 348 g/mol. The summed E-state index contributed by atoms with van der Waals surface area (Å²) in [5.74, 6) is 0.0926. The molecule has 0 saturated carbocycles. The Bertz CT molecular complexity index is 829. The van der Waals surface area contributed by atoms with Crippen LogP contribution in [0.2, 0.25) is 0 Å². The van der Waals surface area contributed by atoms with Crippen LogP contribution in [0.3, 0.4) is 0 Å². The van der Waals surface area contributed by atoms with E-state index < -0.39 is 0 Å². The molecule has 2 aromatic rings. The molecule has 1 atom stereocenters. The van der Waals surface area contributed by atoms with E-state index in [9.17, 15) is 4.79 Å². The molecule has 1 aliphatic heterocycles. The van der Waals surface area contributed by atoms with Gasteiger partial charge in [-0.2, -0.15) is 5.10 Å². The molecule has 0 bridgehead atoms. The minimum Gasteiger partial charge on any atom is -0.334 e. The van der Waals surface area contributed by atoms with Crippen molar-refractivity contribution in [1.82, 2.24) is 20.0 Å². The van der Waals surface area contributed by atoms with Gasteiger partial charge in [-0.1, -0.05) is 17.7 Å². The first-order valence-corrected chi connectivity index (χ1v) is 9.25. The number of halogens is 1. The molecular formula is C20H27ClN4O. The average Bonchev–Trinajstić information content (AvgIpc) is 3.17. The standard InChI is InChI=1S/C20H26N4O.ClH/c1-13-7-8-17(14(2)11-13)24-18-6-4-5-16(18)19(22-24)20(25)23-10-9-21-15(3)12-23;/h7-8,11,15,21H,4-6,9-10,12H2,1-3H3;1H. The Hall–Kier alpha value is -1.85. The molecule has 1 amide bonds. The molecule has 1 aliphatic carbocycles. The van der Waals surface area contributed by atoms with Crippen LogP contribution in [-0.4, -0.2) is 46.3 Å². The normalized spacial score (nSPS) is 19.2. The van der Waals surface area contributed by atoms with E-state index in [1.54, 1.807) is 0 Å². The maximum absolute atomic E-state index is 13.1. The third-order valence-electron chi connectivity index (χ3n) is 5.37. The monoisotopic (exact) mass is 374 g/mol. The molecule has 6 heteroatoms. The Balaban J connectivity index is 0.00000196. The summed E-state index contributed by atoms with van der Waals surface area (Å²) < 4.78 is 2.02. The van der Waals surface area contributed by atoms with E-state index in [2.05, 4.69) is 44.3 Å². The Morgan fingerprint density at radius 3 is 2.81 bits per heavy atom. The molecule has 0 radical (unpaired) electrons. The number of amides is 1. The number of nitrogens with zero attached hydrogens (tertiary/aromatic N) is 3. The van der Waals surface area contributed by atoms with Crippen LogP contribution < -0.4 is 5.32 Å². The number of carbonyl (C=O) groups is 1. The van der Waals surface area contributed by atoms with Gasteiger partial charge in [-0.15, -0.1) is 12.4 Å². The zero-order valence-electron chi connectivity index (χ0n) is 15.7. The van der Waals surface area contributed by atoms with E-state index in [1.165, 1.54) is 16.8 Å². The van der Waals surface area contributed by atoms with E-state index in [0.717, 1.165) is 50.1 Å². The first-order valence-electron chi connectivity index (χ1n) is 9.25. The molecule has 4 rings (SSSR count). The number of aryl methyl sites for hydroxylation is 2. The average molecular weight is 375 g/mol. The second kappa shape index (κ2) is 7.41. The highest BCUT2D eigenvalue weighted by molar-refractivity contribution is 5.94. The van der Waals surface area contributed by atoms with Crippen molar-refractivity contribution in [3.8, 4) is 5.69 Å². The fraction of sp³-hybridized carbons (Fsp3) is 0.500. The Labute approximate surface area is 161 Å². The lowest BCUT2D eigenvalue weighted by atomic mass is 10.1. The van der Waals surface area contributed by atoms with E-state index in [0.29, 0.717) is 11.7 Å². The summed E-state index contributed by atoms with van der Waals surface area (Å²) in [5.41, 5.74) is 6.59. The number of hydrogen-bond acceptors (Lipinski definition) is 3. The first-order chi connectivity index (χ1) is 12.0. The van der Waals surface area contributed by atoms with E-state index >= 15 is 0 Å². The van der Waals surface area contributed by atoms with E-state index in [1.807, 2.05) is 9.58 Å². The molecule has 1 N–H and O–H groups in total. The minimum atomic E-state index is 0. The maximum Gasteiger partial charge on any atom is 0.274 e. The fourth-order valence-electron chi connectivity index (χ4n) is 4.12. The Kier molecular flexibility index (Phi) is 5.39. The summed E-state index contributed by atoms with van der Waals surface area (Å²) >= 11 is 0. The summed E-state index contributed by atoms with van der Waals surface area (Å²) in [5, 5.41) is 8.19. The van der Waals surface area contributed by atoms with Gasteiger partial charge in [0.2, 0.25) is 0 Å². The third-order valence-corrected chi connectivity index (χ3v) is 5.37. The summed E-state index contributed by atoms with van der Waals surface area (Å²) in [6.45, 7) is 8.71. The van der Waals surface area contributed by atoms with Crippen molar-refractivity contribution in [3.05, 3.63) is 46.3 Å². The number of aromatic nitrogens is 2. The van der Waals surface area contributed by atoms with Crippen LogP contribution in [0.25, 0.3) is 5.69 Å². The smallest absolute Gasteiger partial charge is 0.274 e. The highest BCUT2D eigenvalue weighted by atomic mass is 35.5. The quantitative estimate of drug-likeness (QED) is 0.879. The number of hydrogen-bond donors (Lipinski definition) is 1. The van der Waals surface area contributed by atoms with Gasteiger partial charge in [0.05, 0.1) is 5.69 Å². The van der Waals surface area contributed by atoms with Gasteiger partial charge in [-0.3, -0.25) is 4.79 Å². The van der Waals surface area contributed by atoms with Crippen molar-refractivity contribution in [2.45, 2.75) is 46.1 Å². The maximum atomic E-state index is 13.1. The van der Waals surface area contributed by atoms with Crippen LogP contribution in [-0.2, 0) is 12.8 Å². The molecule has 1 aromatic carbocycles. The molecule has 5 nitrogen and oxygen atoms in total. The van der Waals surface area contributed by atoms with Crippen LogP contribution in [0.4, 0.5) is 0 Å². The van der Waals surface area contributed by atoms with E-state index in [4.69, 9.17) is 5.10 Å². The van der Waals surface area contributed by atoms with Gasteiger partial charge in [0.15, 0.2) is 5.69 Å². The van der Waals surface area contributed by atoms with Gasteiger partial charge >= 0.3 is 0 Å². The van der Waals surface area contributed by atoms with Crippen molar-refractivity contribution in [2.75, 3.05) is 19.6 Å². The molecule has 1 aromatic heterocycles. The molecule has 26 heavy (non-hydrogen) atoms. The van der Waals surface area contributed by atoms with Gasteiger partial charge < -0.3 is 10.2 Å². The number of carbonyl (C=O) groups excluding carboxylic acids is 1. The molecule has 1 unspecified atom stereocenters. The zero-order chi connectivity index (χ0) is 17.6. The van der Waals surface area contributed by atoms with Gasteiger partial charge in [-0.05, 0) is 51.7 Å². The van der Waals surface area contributed by atoms with Gasteiger partial charge in [0.25, 0.3) is 5.91 Å². The summed E-state index contributed by atoms with van der Waals surface area (Å²) in [4.78, 5) is 15.1. The topological polar surface area (TPSA) is 50.2 Å². The lowest BCUT2D eigenvalue weighted by Gasteiger charge is -2.31. The van der Waals surface area contributed by atoms with Crippen molar-refractivity contribution < 1.29 is 4.79 Å². The molecule has 2 heterocycles. The van der Waals surface area contributed by atoms with E-state index in [-0.39, 0.29) is 18.3 Å². The zero-order valence-corrected chi connectivity index (χ0v) is 16.5. The summed E-state index contributed by atoms with van der Waals surface area (Å²) in [6, 6.07) is 6.76. The first kappa shape index (κ1) is 18.9. The summed E-state index contributed by atoms with van der Waals surface area (Å²) in [6.07, 6.45) is 3.07. The number of rotatable bonds is 2. The predicted octanol–water partition coefficient (Wildman–Crippen LogP) is 2.83. The van der Waals surface area contributed by atoms with Crippen LogP contribution in [0.15, 0.2) is 18.2 Å². The molecule has 1 fully saturated rings. The van der Waals surface area contributed by atoms with Crippen molar-refractivity contribution in [1.29, 1.82) is 0 Å². The number of nitrogens with one attached hydrogen (secondary N) is 1. The van der Waals surface area contributed by atoms with Gasteiger partial charge in [0, 0.05) is 36.9 Å². The Morgan fingerprint density at radius 1 is 1.27 bits per heavy atom. The SMILES string of the molecule is Cc1ccc(-n2nc(C(=O)N3CCNC(C)C3)c3c2CCC3)c(C)c1.Cl. The second-order valence-corrected chi connectivity index (χ2v) is 7.44. The minimum absolute atomic E-state index is 0. The third kappa shape index (κ3) is 3.26. The van der Waals surface area contributed by atoms with Gasteiger partial charge in [-0.25, -0.2) is 4.68 Å². The molecule has 1 saturated heterocycles. The van der Waals surface area contributed by atoms with Crippen molar-refractivity contribution in [3.63, 3.8) is 0 Å². The van der Waals surface area contributed by atoms with Crippen molar-refractivity contribution in [2.24, 2.45) is 0 Å². The molecule has 2 aliphatic rings. The fourth-order valence-corrected chi connectivity index (χ4v) is 4.12. The number of piperazine rings is 1. The largest absolute Gasteiger partial charge is 0.334 e. The van der Waals surface area contributed by atoms with Crippen molar-refractivity contribution >= 4 is 18.3 Å². The van der Waals surface area contributed by atoms with Gasteiger partial charge in [0.1, 0.15) is 0 Å². The molecule has 140 valence electrons. The number of benzene rings is 1. The van der Waals surface area contributed by atoms with Crippen LogP contribution >= 0.6 is 12.4 Å². The second-order valence-electron chi connectivity index (χ2n) is 7.44. The van der Waals surface area contributed by atoms with Crippen LogP contribution in [0.5, 0.6) is 0 Å². The Morgan fingerprint density at radius 2 is 2.08 bits per heavy atom. The lowest BCUT2D eigenvalue weighted by Crippen LogP contribution is -2.51. The molecule has 0 spiro atoms. The summed E-state index contributed by atoms with van der Waals surface area (Å²) in [7, 11) is 0. The van der Waals surface area contributed by atoms with Crippen LogP contribution in [0.1, 0.15) is 46.2 Å². The predicted molar refractivity (Wildman–Crippen MR) is 106 cm³/mol. The number of fused-ring (bicyclic) bond motifs is 1. The lowest BCUT2D eigenvalue weighted by molar-refractivity contribution is 0.0701. The van der Waals surface area contributed by atoms with Crippen LogP contribution in [0, 0.1) is 13.8 Å². The highest BCUT2D eigenvalue weighted by Crippen LogP contribution is 2.30. The highest BCUT2D eigenvalue weighted by Gasteiger charge is 2.31.